The number of carbonyl (C=O) groups is 2. The molecule has 1 amide bonds. The molecule has 0 aliphatic heterocycles. The molecule has 5 nitrogen and oxygen atoms in total. The quantitative estimate of drug-likeness (QED) is 0.736. The maximum Gasteiger partial charge on any atom is 0.341 e. The minimum absolute atomic E-state index is 0.184. The Bertz CT molecular complexity index is 736. The van der Waals surface area contributed by atoms with E-state index in [0.717, 1.165) is 16.7 Å². The van der Waals surface area contributed by atoms with Gasteiger partial charge in [-0.05, 0) is 19.4 Å². The molecule has 0 aliphatic rings. The van der Waals surface area contributed by atoms with E-state index in [9.17, 15) is 9.59 Å². The van der Waals surface area contributed by atoms with Crippen molar-refractivity contribution in [2.45, 2.75) is 33.7 Å². The molecule has 0 bridgehead atoms. The molecule has 134 valence electrons. The van der Waals surface area contributed by atoms with Crippen LogP contribution >= 0.6 is 11.3 Å². The summed E-state index contributed by atoms with van der Waals surface area (Å²) in [5, 5.41) is 8.28. The number of esters is 1. The van der Waals surface area contributed by atoms with E-state index in [4.69, 9.17) is 4.74 Å². The molecule has 2 aromatic rings. The van der Waals surface area contributed by atoms with Gasteiger partial charge in [0.15, 0.2) is 0 Å². The normalized spacial score (nSPS) is 10.8. The highest BCUT2D eigenvalue weighted by molar-refractivity contribution is 7.15. The highest BCUT2D eigenvalue weighted by atomic mass is 32.1. The van der Waals surface area contributed by atoms with Crippen LogP contribution in [0.4, 0.5) is 5.00 Å². The number of benzene rings is 1. The summed E-state index contributed by atoms with van der Waals surface area (Å²) in [5.74, 6) is -0.608. The third-order valence-electron chi connectivity index (χ3n) is 3.56. The van der Waals surface area contributed by atoms with Gasteiger partial charge in [0.1, 0.15) is 10.6 Å². The fourth-order valence-corrected chi connectivity index (χ4v) is 3.24. The first-order valence-corrected chi connectivity index (χ1v) is 9.19. The Morgan fingerprint density at radius 1 is 1.20 bits per heavy atom. The summed E-state index contributed by atoms with van der Waals surface area (Å²) >= 11 is 1.33. The third-order valence-corrected chi connectivity index (χ3v) is 4.45. The molecule has 0 aliphatic carbocycles. The Kier molecular flexibility index (Phi) is 6.73. The van der Waals surface area contributed by atoms with Crippen molar-refractivity contribution >= 4 is 28.2 Å². The van der Waals surface area contributed by atoms with E-state index < -0.39 is 5.97 Å². The lowest BCUT2D eigenvalue weighted by Gasteiger charge is -2.10. The van der Waals surface area contributed by atoms with Gasteiger partial charge >= 0.3 is 5.97 Å². The summed E-state index contributed by atoms with van der Waals surface area (Å²) in [6.07, 6.45) is 0. The van der Waals surface area contributed by atoms with E-state index >= 15 is 0 Å². The molecule has 1 aromatic heterocycles. The first-order chi connectivity index (χ1) is 11.9. The molecule has 1 heterocycles. The van der Waals surface area contributed by atoms with Gasteiger partial charge in [-0.3, -0.25) is 4.79 Å². The van der Waals surface area contributed by atoms with Crippen molar-refractivity contribution in [3.63, 3.8) is 0 Å². The Morgan fingerprint density at radius 2 is 1.88 bits per heavy atom. The molecule has 0 radical (unpaired) electrons. The standard InChI is InChI=1S/C19H24N2O3S/c1-5-24-19(23)17-15(14-8-6-13(4)7-9-14)11-25-18(17)21-16(22)10-20-12(2)3/h6-9,11-12,20H,5,10H2,1-4H3,(H,21,22). The van der Waals surface area contributed by atoms with E-state index in [1.165, 1.54) is 11.3 Å². The van der Waals surface area contributed by atoms with Gasteiger partial charge in [0.05, 0.1) is 13.2 Å². The van der Waals surface area contributed by atoms with Gasteiger partial charge in [0.2, 0.25) is 5.91 Å². The molecular weight excluding hydrogens is 336 g/mol. The van der Waals surface area contributed by atoms with Crippen molar-refractivity contribution in [2.24, 2.45) is 0 Å². The highest BCUT2D eigenvalue weighted by Crippen LogP contribution is 2.36. The number of aryl methyl sites for hydroxylation is 1. The maximum absolute atomic E-state index is 12.5. The fraction of sp³-hybridized carbons (Fsp3) is 0.368. The van der Waals surface area contributed by atoms with Crippen LogP contribution in [0.5, 0.6) is 0 Å². The topological polar surface area (TPSA) is 67.4 Å². The Balaban J connectivity index is 2.32. The summed E-state index contributed by atoms with van der Waals surface area (Å²) in [4.78, 5) is 24.6. The number of hydrogen-bond donors (Lipinski definition) is 2. The van der Waals surface area contributed by atoms with Crippen LogP contribution < -0.4 is 10.6 Å². The van der Waals surface area contributed by atoms with Crippen molar-refractivity contribution in [2.75, 3.05) is 18.5 Å². The second-order valence-electron chi connectivity index (χ2n) is 6.02. The van der Waals surface area contributed by atoms with Crippen LogP contribution in [0.1, 0.15) is 36.7 Å². The molecule has 0 saturated carbocycles. The van der Waals surface area contributed by atoms with Crippen molar-refractivity contribution in [3.8, 4) is 11.1 Å². The van der Waals surface area contributed by atoms with E-state index in [0.29, 0.717) is 10.6 Å². The predicted molar refractivity (Wildman–Crippen MR) is 102 cm³/mol. The zero-order valence-corrected chi connectivity index (χ0v) is 15.8. The lowest BCUT2D eigenvalue weighted by atomic mass is 10.0. The predicted octanol–water partition coefficient (Wildman–Crippen LogP) is 3.84. The van der Waals surface area contributed by atoms with E-state index in [2.05, 4.69) is 10.6 Å². The number of anilines is 1. The van der Waals surface area contributed by atoms with Crippen LogP contribution in [0.2, 0.25) is 0 Å². The van der Waals surface area contributed by atoms with E-state index in [1.807, 2.05) is 50.4 Å². The smallest absolute Gasteiger partial charge is 0.341 e. The lowest BCUT2D eigenvalue weighted by molar-refractivity contribution is -0.115. The maximum atomic E-state index is 12.5. The molecule has 6 heteroatoms. The molecule has 2 rings (SSSR count). The first kappa shape index (κ1) is 19.1. The second-order valence-corrected chi connectivity index (χ2v) is 6.90. The molecule has 0 saturated heterocycles. The molecule has 0 unspecified atom stereocenters. The third kappa shape index (κ3) is 5.14. The first-order valence-electron chi connectivity index (χ1n) is 8.31. The van der Waals surface area contributed by atoms with Crippen LogP contribution in [-0.4, -0.2) is 31.1 Å². The largest absolute Gasteiger partial charge is 0.462 e. The molecule has 0 spiro atoms. The van der Waals surface area contributed by atoms with Crippen molar-refractivity contribution in [1.29, 1.82) is 0 Å². The van der Waals surface area contributed by atoms with Crippen LogP contribution in [0.3, 0.4) is 0 Å². The van der Waals surface area contributed by atoms with Gasteiger partial charge in [-0.15, -0.1) is 11.3 Å². The van der Waals surface area contributed by atoms with Gasteiger partial charge in [0, 0.05) is 17.0 Å². The molecular formula is C19H24N2O3S. The number of amides is 1. The van der Waals surface area contributed by atoms with Crippen molar-refractivity contribution < 1.29 is 14.3 Å². The van der Waals surface area contributed by atoms with Crippen molar-refractivity contribution in [3.05, 3.63) is 40.8 Å². The van der Waals surface area contributed by atoms with Gasteiger partial charge in [-0.1, -0.05) is 43.7 Å². The summed E-state index contributed by atoms with van der Waals surface area (Å²) in [5.41, 5.74) is 3.25. The number of carbonyl (C=O) groups excluding carboxylic acids is 2. The Hall–Kier alpha value is -2.18. The number of thiophene rings is 1. The highest BCUT2D eigenvalue weighted by Gasteiger charge is 2.22. The van der Waals surface area contributed by atoms with E-state index in [-0.39, 0.29) is 25.1 Å². The average molecular weight is 360 g/mol. The van der Waals surface area contributed by atoms with Gasteiger partial charge in [-0.25, -0.2) is 4.79 Å². The molecule has 25 heavy (non-hydrogen) atoms. The monoisotopic (exact) mass is 360 g/mol. The summed E-state index contributed by atoms with van der Waals surface area (Å²) in [6.45, 7) is 8.19. The van der Waals surface area contributed by atoms with Gasteiger partial charge in [0.25, 0.3) is 0 Å². The zero-order valence-electron chi connectivity index (χ0n) is 15.0. The summed E-state index contributed by atoms with van der Waals surface area (Å²) in [7, 11) is 0. The molecule has 1 aromatic carbocycles. The average Bonchev–Trinajstić information content (AvgIpc) is 2.97. The zero-order chi connectivity index (χ0) is 18.4. The molecule has 0 fully saturated rings. The number of ether oxygens (including phenoxy) is 1. The minimum Gasteiger partial charge on any atom is -0.462 e. The summed E-state index contributed by atoms with van der Waals surface area (Å²) < 4.78 is 5.19. The van der Waals surface area contributed by atoms with Gasteiger partial charge < -0.3 is 15.4 Å². The Morgan fingerprint density at radius 3 is 2.48 bits per heavy atom. The van der Waals surface area contributed by atoms with Crippen LogP contribution in [0.15, 0.2) is 29.6 Å². The van der Waals surface area contributed by atoms with Crippen LogP contribution in [0.25, 0.3) is 11.1 Å². The van der Waals surface area contributed by atoms with Crippen LogP contribution in [-0.2, 0) is 9.53 Å². The second kappa shape index (κ2) is 8.78. The minimum atomic E-state index is -0.425. The lowest BCUT2D eigenvalue weighted by Crippen LogP contribution is -2.32. The fourth-order valence-electron chi connectivity index (χ4n) is 2.27. The number of rotatable bonds is 7. The SMILES string of the molecule is CCOC(=O)c1c(-c2ccc(C)cc2)csc1NC(=O)CNC(C)C. The van der Waals surface area contributed by atoms with Gasteiger partial charge in [-0.2, -0.15) is 0 Å². The Labute approximate surface area is 152 Å². The molecule has 0 atom stereocenters. The summed E-state index contributed by atoms with van der Waals surface area (Å²) in [6, 6.07) is 8.12. The molecule has 2 N–H and O–H groups in total. The van der Waals surface area contributed by atoms with E-state index in [1.54, 1.807) is 6.92 Å². The van der Waals surface area contributed by atoms with Crippen LogP contribution in [0, 0.1) is 6.92 Å². The van der Waals surface area contributed by atoms with Crippen molar-refractivity contribution in [1.82, 2.24) is 5.32 Å². The number of hydrogen-bond acceptors (Lipinski definition) is 5. The number of nitrogens with one attached hydrogen (secondary N) is 2.